The number of thiazole rings is 1. The summed E-state index contributed by atoms with van der Waals surface area (Å²) >= 11 is 1.30. The molecule has 2 aromatic heterocycles. The van der Waals surface area contributed by atoms with Crippen LogP contribution in [0.15, 0.2) is 48.7 Å². The molecule has 0 fully saturated rings. The highest BCUT2D eigenvalue weighted by molar-refractivity contribution is 7.20. The third kappa shape index (κ3) is 2.23. The number of non-ortho nitro benzene ring substituents is 1. The number of nitro benzene ring substituents is 1. The summed E-state index contributed by atoms with van der Waals surface area (Å²) in [5.74, 6) is -0.335. The van der Waals surface area contributed by atoms with Gasteiger partial charge >= 0.3 is 0 Å². The molecule has 0 radical (unpaired) electrons. The van der Waals surface area contributed by atoms with E-state index in [0.29, 0.717) is 10.7 Å². The van der Waals surface area contributed by atoms with Gasteiger partial charge in [0.05, 0.1) is 4.92 Å². The van der Waals surface area contributed by atoms with Gasteiger partial charge in [0, 0.05) is 29.8 Å². The van der Waals surface area contributed by atoms with Crippen molar-refractivity contribution in [1.29, 1.82) is 0 Å². The SMILES string of the molecule is Nc1sc2cccc[n+]2c1C(=O)c1cccc([N+](=O)[O-])c1. The molecule has 7 heteroatoms. The lowest BCUT2D eigenvalue weighted by molar-refractivity contribution is -0.509. The molecule has 2 N–H and O–H groups in total. The first-order valence-electron chi connectivity index (χ1n) is 6.06. The molecule has 21 heavy (non-hydrogen) atoms. The van der Waals surface area contributed by atoms with Gasteiger partial charge in [-0.15, -0.1) is 4.40 Å². The van der Waals surface area contributed by atoms with Crippen LogP contribution in [0.3, 0.4) is 0 Å². The lowest BCUT2D eigenvalue weighted by atomic mass is 10.1. The van der Waals surface area contributed by atoms with Crippen molar-refractivity contribution in [3.05, 3.63) is 70.0 Å². The zero-order chi connectivity index (χ0) is 15.0. The molecule has 2 heterocycles. The number of pyridine rings is 1. The molecule has 0 unspecified atom stereocenters. The Labute approximate surface area is 123 Å². The number of nitrogen functional groups attached to an aromatic ring is 1. The van der Waals surface area contributed by atoms with Crippen LogP contribution in [-0.2, 0) is 0 Å². The van der Waals surface area contributed by atoms with Gasteiger partial charge in [0.2, 0.25) is 0 Å². The number of benzene rings is 1. The van der Waals surface area contributed by atoms with Crippen LogP contribution in [0.5, 0.6) is 0 Å². The summed E-state index contributed by atoms with van der Waals surface area (Å²) in [6, 6.07) is 11.1. The van der Waals surface area contributed by atoms with E-state index >= 15 is 0 Å². The lowest BCUT2D eigenvalue weighted by Crippen LogP contribution is -2.28. The Kier molecular flexibility index (Phi) is 3.11. The molecule has 0 saturated heterocycles. The van der Waals surface area contributed by atoms with Crippen LogP contribution in [0.25, 0.3) is 4.83 Å². The van der Waals surface area contributed by atoms with E-state index in [1.54, 1.807) is 22.7 Å². The highest BCUT2D eigenvalue weighted by Crippen LogP contribution is 2.24. The number of carbonyl (C=O) groups is 1. The maximum atomic E-state index is 12.6. The van der Waals surface area contributed by atoms with Gasteiger partial charge in [-0.1, -0.05) is 12.1 Å². The molecular weight excluding hydrogens is 290 g/mol. The smallest absolute Gasteiger partial charge is 0.293 e. The van der Waals surface area contributed by atoms with Gasteiger partial charge in [-0.2, -0.15) is 0 Å². The number of hydrogen-bond acceptors (Lipinski definition) is 5. The molecule has 0 spiro atoms. The molecule has 0 aliphatic rings. The fraction of sp³-hybridized carbons (Fsp3) is 0. The zero-order valence-electron chi connectivity index (χ0n) is 10.7. The monoisotopic (exact) mass is 300 g/mol. The third-order valence-corrected chi connectivity index (χ3v) is 4.00. The summed E-state index contributed by atoms with van der Waals surface area (Å²) < 4.78 is 1.70. The van der Waals surface area contributed by atoms with E-state index < -0.39 is 4.92 Å². The number of fused-ring (bicyclic) bond motifs is 1. The largest absolute Gasteiger partial charge is 0.385 e. The van der Waals surface area contributed by atoms with Crippen molar-refractivity contribution in [2.45, 2.75) is 0 Å². The zero-order valence-corrected chi connectivity index (χ0v) is 11.5. The molecule has 6 nitrogen and oxygen atoms in total. The predicted octanol–water partition coefficient (Wildman–Crippen LogP) is 2.21. The molecule has 0 saturated carbocycles. The van der Waals surface area contributed by atoms with Crippen molar-refractivity contribution in [3.8, 4) is 0 Å². The van der Waals surface area contributed by atoms with E-state index in [2.05, 4.69) is 0 Å². The van der Waals surface area contributed by atoms with Gasteiger partial charge < -0.3 is 5.73 Å². The summed E-state index contributed by atoms with van der Waals surface area (Å²) in [6.45, 7) is 0. The number of nitrogens with zero attached hydrogens (tertiary/aromatic N) is 2. The maximum Gasteiger partial charge on any atom is 0.293 e. The van der Waals surface area contributed by atoms with Crippen molar-refractivity contribution in [2.75, 3.05) is 5.73 Å². The summed E-state index contributed by atoms with van der Waals surface area (Å²) in [5, 5.41) is 11.2. The Bertz CT molecular complexity index is 873. The van der Waals surface area contributed by atoms with Gasteiger partial charge in [-0.3, -0.25) is 14.9 Å². The number of nitro groups is 1. The number of aromatic nitrogens is 1. The lowest BCUT2D eigenvalue weighted by Gasteiger charge is -1.97. The highest BCUT2D eigenvalue weighted by atomic mass is 32.1. The van der Waals surface area contributed by atoms with E-state index in [0.717, 1.165) is 4.83 Å². The Morgan fingerprint density at radius 2 is 2.05 bits per heavy atom. The minimum Gasteiger partial charge on any atom is -0.385 e. The van der Waals surface area contributed by atoms with Crippen LogP contribution >= 0.6 is 11.3 Å². The molecule has 104 valence electrons. The van der Waals surface area contributed by atoms with Crippen LogP contribution < -0.4 is 10.1 Å². The average Bonchev–Trinajstić information content (AvgIpc) is 2.82. The summed E-state index contributed by atoms with van der Waals surface area (Å²) in [5.41, 5.74) is 6.38. The molecular formula is C14H10N3O3S+. The minimum absolute atomic E-state index is 0.121. The number of carbonyl (C=O) groups excluding carboxylic acids is 1. The fourth-order valence-electron chi connectivity index (χ4n) is 2.09. The number of anilines is 1. The Morgan fingerprint density at radius 1 is 1.24 bits per heavy atom. The number of nitrogens with two attached hydrogens (primary N) is 1. The van der Waals surface area contributed by atoms with Crippen molar-refractivity contribution in [1.82, 2.24) is 0 Å². The molecule has 0 aliphatic carbocycles. The summed E-state index contributed by atoms with van der Waals surface area (Å²) in [7, 11) is 0. The second kappa shape index (κ2) is 4.95. The average molecular weight is 300 g/mol. The first-order valence-corrected chi connectivity index (χ1v) is 6.87. The van der Waals surface area contributed by atoms with Crippen LogP contribution in [0, 0.1) is 10.1 Å². The first kappa shape index (κ1) is 13.2. The first-order chi connectivity index (χ1) is 10.1. The van der Waals surface area contributed by atoms with Gasteiger partial charge in [-0.05, 0) is 17.4 Å². The molecule has 1 aromatic carbocycles. The molecule has 0 amide bonds. The molecule has 0 bridgehead atoms. The van der Waals surface area contributed by atoms with Gasteiger partial charge in [0.15, 0.2) is 11.2 Å². The summed E-state index contributed by atoms with van der Waals surface area (Å²) in [4.78, 5) is 23.7. The van der Waals surface area contributed by atoms with Crippen LogP contribution in [0.4, 0.5) is 10.7 Å². The second-order valence-corrected chi connectivity index (χ2v) is 5.42. The van der Waals surface area contributed by atoms with E-state index in [-0.39, 0.29) is 17.0 Å². The van der Waals surface area contributed by atoms with Crippen molar-refractivity contribution in [2.24, 2.45) is 0 Å². The number of ketones is 1. The Hall–Kier alpha value is -2.80. The molecule has 3 rings (SSSR count). The quantitative estimate of drug-likeness (QED) is 0.347. The molecule has 0 atom stereocenters. The fourth-order valence-corrected chi connectivity index (χ4v) is 3.00. The topological polar surface area (TPSA) is 90.3 Å². The standard InChI is InChI=1S/C14H9N3O3S/c15-14-12(16-7-2-1-6-11(16)21-14)13(18)9-4-3-5-10(8-9)17(19)20/h1-8H,(H-,15,18)/p+1. The Balaban J connectivity index is 2.15. The van der Waals surface area contributed by atoms with Gasteiger partial charge in [-0.25, -0.2) is 0 Å². The third-order valence-electron chi connectivity index (χ3n) is 3.05. The minimum atomic E-state index is -0.529. The van der Waals surface area contributed by atoms with E-state index in [9.17, 15) is 14.9 Å². The van der Waals surface area contributed by atoms with Crippen LogP contribution in [0.1, 0.15) is 16.1 Å². The number of hydrogen-bond donors (Lipinski definition) is 1. The van der Waals surface area contributed by atoms with Crippen LogP contribution in [-0.4, -0.2) is 10.7 Å². The maximum absolute atomic E-state index is 12.6. The van der Waals surface area contributed by atoms with E-state index in [1.165, 1.54) is 29.5 Å². The summed E-state index contributed by atoms with van der Waals surface area (Å²) in [6.07, 6.45) is 1.74. The van der Waals surface area contributed by atoms with Crippen LogP contribution in [0.2, 0.25) is 0 Å². The van der Waals surface area contributed by atoms with Crippen molar-refractivity contribution >= 4 is 32.6 Å². The molecule has 3 aromatic rings. The van der Waals surface area contributed by atoms with Gasteiger partial charge in [0.1, 0.15) is 0 Å². The predicted molar refractivity (Wildman–Crippen MR) is 78.4 cm³/mol. The van der Waals surface area contributed by atoms with Crippen molar-refractivity contribution in [3.63, 3.8) is 0 Å². The highest BCUT2D eigenvalue weighted by Gasteiger charge is 2.27. The second-order valence-electron chi connectivity index (χ2n) is 4.36. The van der Waals surface area contributed by atoms with Crippen molar-refractivity contribution < 1.29 is 14.1 Å². The normalized spacial score (nSPS) is 10.7. The number of rotatable bonds is 3. The Morgan fingerprint density at radius 3 is 2.81 bits per heavy atom. The molecule has 0 aliphatic heterocycles. The van der Waals surface area contributed by atoms with E-state index in [1.807, 2.05) is 12.1 Å². The van der Waals surface area contributed by atoms with E-state index in [4.69, 9.17) is 5.73 Å². The van der Waals surface area contributed by atoms with Gasteiger partial charge in [0.25, 0.3) is 22.0 Å².